The Bertz CT molecular complexity index is 657. The van der Waals surface area contributed by atoms with Crippen LogP contribution in [0.4, 0.5) is 10.5 Å². The van der Waals surface area contributed by atoms with Crippen LogP contribution >= 0.6 is 0 Å². The Balaban J connectivity index is 1.88. The number of aliphatic carboxylic acids is 1. The smallest absolute Gasteiger partial charge is 0.319 e. The molecule has 0 aliphatic carbocycles. The summed E-state index contributed by atoms with van der Waals surface area (Å²) in [6.45, 7) is 1.92. The van der Waals surface area contributed by atoms with Crippen molar-refractivity contribution in [3.63, 3.8) is 0 Å². The molecule has 0 bridgehead atoms. The first-order valence-electron chi connectivity index (χ1n) is 6.68. The van der Waals surface area contributed by atoms with E-state index in [2.05, 4.69) is 15.6 Å². The molecular formula is C15H17N3O3. The number of pyridine rings is 1. The molecule has 0 radical (unpaired) electrons. The van der Waals surface area contributed by atoms with E-state index in [0.29, 0.717) is 18.7 Å². The van der Waals surface area contributed by atoms with E-state index in [4.69, 9.17) is 5.11 Å². The van der Waals surface area contributed by atoms with Crippen LogP contribution in [0, 0.1) is 5.92 Å². The lowest BCUT2D eigenvalue weighted by atomic mass is 10.1. The van der Waals surface area contributed by atoms with Gasteiger partial charge in [0.05, 0.1) is 11.4 Å². The number of aromatic nitrogens is 1. The fourth-order valence-electron chi connectivity index (χ4n) is 1.85. The second-order valence-electron chi connectivity index (χ2n) is 4.82. The normalized spacial score (nSPS) is 11.9. The van der Waals surface area contributed by atoms with Gasteiger partial charge in [0.15, 0.2) is 0 Å². The highest BCUT2D eigenvalue weighted by atomic mass is 16.4. The third kappa shape index (κ3) is 4.17. The van der Waals surface area contributed by atoms with E-state index in [-0.39, 0.29) is 6.03 Å². The van der Waals surface area contributed by atoms with Gasteiger partial charge in [-0.05, 0) is 30.7 Å². The fourth-order valence-corrected chi connectivity index (χ4v) is 1.85. The maximum atomic E-state index is 11.7. The molecular weight excluding hydrogens is 270 g/mol. The number of hydrogen-bond donors (Lipinski definition) is 3. The summed E-state index contributed by atoms with van der Waals surface area (Å²) in [7, 11) is 0. The van der Waals surface area contributed by atoms with Crippen LogP contribution in [0.25, 0.3) is 10.9 Å². The Labute approximate surface area is 122 Å². The molecule has 1 unspecified atom stereocenters. The first-order chi connectivity index (χ1) is 10.1. The van der Waals surface area contributed by atoms with Crippen LogP contribution in [-0.2, 0) is 4.79 Å². The fraction of sp³-hybridized carbons (Fsp3) is 0.267. The van der Waals surface area contributed by atoms with Gasteiger partial charge in [0.25, 0.3) is 0 Å². The average Bonchev–Trinajstić information content (AvgIpc) is 2.46. The van der Waals surface area contributed by atoms with Crippen LogP contribution in [0.1, 0.15) is 13.3 Å². The highest BCUT2D eigenvalue weighted by molar-refractivity contribution is 5.92. The molecule has 1 aromatic carbocycles. The van der Waals surface area contributed by atoms with Gasteiger partial charge in [0, 0.05) is 23.8 Å². The van der Waals surface area contributed by atoms with Crippen molar-refractivity contribution in [2.45, 2.75) is 13.3 Å². The summed E-state index contributed by atoms with van der Waals surface area (Å²) in [4.78, 5) is 26.6. The molecule has 0 fully saturated rings. The van der Waals surface area contributed by atoms with Crippen molar-refractivity contribution < 1.29 is 14.7 Å². The molecule has 0 aliphatic heterocycles. The maximum Gasteiger partial charge on any atom is 0.319 e. The van der Waals surface area contributed by atoms with E-state index in [1.165, 1.54) is 0 Å². The number of nitrogens with one attached hydrogen (secondary N) is 2. The van der Waals surface area contributed by atoms with Crippen LogP contribution < -0.4 is 10.6 Å². The Kier molecular flexibility index (Phi) is 4.71. The van der Waals surface area contributed by atoms with E-state index in [0.717, 1.165) is 10.9 Å². The first-order valence-corrected chi connectivity index (χ1v) is 6.68. The molecule has 2 amide bonds. The van der Waals surface area contributed by atoms with Crippen molar-refractivity contribution in [2.24, 2.45) is 5.92 Å². The van der Waals surface area contributed by atoms with Crippen LogP contribution in [-0.4, -0.2) is 28.6 Å². The number of amides is 2. The van der Waals surface area contributed by atoms with Gasteiger partial charge in [0.1, 0.15) is 0 Å². The number of carboxylic acids is 1. The summed E-state index contributed by atoms with van der Waals surface area (Å²) >= 11 is 0. The summed E-state index contributed by atoms with van der Waals surface area (Å²) in [5, 5.41) is 15.0. The van der Waals surface area contributed by atoms with E-state index in [1.54, 1.807) is 19.2 Å². The largest absolute Gasteiger partial charge is 0.481 e. The number of carboxylic acid groups (broad SMARTS) is 1. The minimum atomic E-state index is -0.862. The minimum Gasteiger partial charge on any atom is -0.481 e. The first kappa shape index (κ1) is 14.8. The number of benzene rings is 1. The lowest BCUT2D eigenvalue weighted by Crippen LogP contribution is -2.31. The van der Waals surface area contributed by atoms with Crippen LogP contribution in [0.2, 0.25) is 0 Å². The molecule has 2 rings (SSSR count). The molecule has 1 heterocycles. The van der Waals surface area contributed by atoms with E-state index in [9.17, 15) is 9.59 Å². The predicted molar refractivity (Wildman–Crippen MR) is 80.2 cm³/mol. The third-order valence-corrected chi connectivity index (χ3v) is 3.15. The highest BCUT2D eigenvalue weighted by Gasteiger charge is 2.10. The standard InChI is InChI=1S/C15H17N3O3/c1-10(14(19)20)6-8-17-15(21)18-12-4-5-13-11(9-12)3-2-7-16-13/h2-5,7,9-10H,6,8H2,1H3,(H,19,20)(H2,17,18,21). The molecule has 0 aliphatic rings. The van der Waals surface area contributed by atoms with Gasteiger partial charge in [0.2, 0.25) is 0 Å². The van der Waals surface area contributed by atoms with Crippen LogP contribution in [0.3, 0.4) is 0 Å². The van der Waals surface area contributed by atoms with Gasteiger partial charge in [-0.1, -0.05) is 13.0 Å². The number of rotatable bonds is 5. The molecule has 21 heavy (non-hydrogen) atoms. The Morgan fingerprint density at radius 3 is 2.90 bits per heavy atom. The lowest BCUT2D eigenvalue weighted by molar-refractivity contribution is -0.141. The van der Waals surface area contributed by atoms with Gasteiger partial charge in [-0.15, -0.1) is 0 Å². The van der Waals surface area contributed by atoms with Crippen molar-refractivity contribution in [3.05, 3.63) is 36.5 Å². The summed E-state index contributed by atoms with van der Waals surface area (Å²) in [5.41, 5.74) is 1.53. The molecule has 2 aromatic rings. The zero-order chi connectivity index (χ0) is 15.2. The Morgan fingerprint density at radius 2 is 2.14 bits per heavy atom. The average molecular weight is 287 g/mol. The highest BCUT2D eigenvalue weighted by Crippen LogP contribution is 2.16. The Morgan fingerprint density at radius 1 is 1.33 bits per heavy atom. The number of nitrogens with zero attached hydrogens (tertiary/aromatic N) is 1. The summed E-state index contributed by atoms with van der Waals surface area (Å²) < 4.78 is 0. The maximum absolute atomic E-state index is 11.7. The van der Waals surface area contributed by atoms with Crippen LogP contribution in [0.5, 0.6) is 0 Å². The number of hydrogen-bond acceptors (Lipinski definition) is 3. The van der Waals surface area contributed by atoms with Crippen molar-refractivity contribution in [1.82, 2.24) is 10.3 Å². The van der Waals surface area contributed by atoms with E-state index < -0.39 is 11.9 Å². The number of urea groups is 1. The summed E-state index contributed by atoms with van der Waals surface area (Å²) in [5.74, 6) is -1.34. The molecule has 0 saturated heterocycles. The van der Waals surface area contributed by atoms with E-state index >= 15 is 0 Å². The second kappa shape index (κ2) is 6.69. The molecule has 1 atom stereocenters. The SMILES string of the molecule is CC(CCNC(=O)Nc1ccc2ncccc2c1)C(=O)O. The molecule has 3 N–H and O–H groups in total. The molecule has 6 heteroatoms. The second-order valence-corrected chi connectivity index (χ2v) is 4.82. The van der Waals surface area contributed by atoms with Crippen molar-refractivity contribution in [3.8, 4) is 0 Å². The van der Waals surface area contributed by atoms with Crippen molar-refractivity contribution in [2.75, 3.05) is 11.9 Å². The monoisotopic (exact) mass is 287 g/mol. The van der Waals surface area contributed by atoms with Gasteiger partial charge >= 0.3 is 12.0 Å². The molecule has 1 aromatic heterocycles. The molecule has 110 valence electrons. The summed E-state index contributed by atoms with van der Waals surface area (Å²) in [6.07, 6.45) is 2.11. The zero-order valence-electron chi connectivity index (χ0n) is 11.7. The Hall–Kier alpha value is -2.63. The van der Waals surface area contributed by atoms with Gasteiger partial charge in [-0.3, -0.25) is 9.78 Å². The van der Waals surface area contributed by atoms with Crippen molar-refractivity contribution >= 4 is 28.6 Å². The lowest BCUT2D eigenvalue weighted by Gasteiger charge is -2.09. The zero-order valence-corrected chi connectivity index (χ0v) is 11.7. The van der Waals surface area contributed by atoms with E-state index in [1.807, 2.05) is 24.3 Å². The molecule has 6 nitrogen and oxygen atoms in total. The predicted octanol–water partition coefficient (Wildman–Crippen LogP) is 2.47. The van der Waals surface area contributed by atoms with Crippen molar-refractivity contribution in [1.29, 1.82) is 0 Å². The van der Waals surface area contributed by atoms with Gasteiger partial charge < -0.3 is 15.7 Å². The third-order valence-electron chi connectivity index (χ3n) is 3.15. The number of carbonyl (C=O) groups is 2. The molecule has 0 spiro atoms. The quantitative estimate of drug-likeness (QED) is 0.787. The number of carbonyl (C=O) groups excluding carboxylic acids is 1. The summed E-state index contributed by atoms with van der Waals surface area (Å²) in [6, 6.07) is 8.84. The van der Waals surface area contributed by atoms with Gasteiger partial charge in [-0.2, -0.15) is 0 Å². The topological polar surface area (TPSA) is 91.3 Å². The number of anilines is 1. The minimum absolute atomic E-state index is 0.314. The van der Waals surface area contributed by atoms with Gasteiger partial charge in [-0.25, -0.2) is 4.79 Å². The molecule has 0 saturated carbocycles. The number of fused-ring (bicyclic) bond motifs is 1. The van der Waals surface area contributed by atoms with Crippen LogP contribution in [0.15, 0.2) is 36.5 Å².